The second-order valence-corrected chi connectivity index (χ2v) is 5.84. The summed E-state index contributed by atoms with van der Waals surface area (Å²) in [6.07, 6.45) is 3.31. The summed E-state index contributed by atoms with van der Waals surface area (Å²) < 4.78 is 0. The zero-order valence-corrected chi connectivity index (χ0v) is 13.1. The number of nitrogens with one attached hydrogen (secondary N) is 2. The van der Waals surface area contributed by atoms with E-state index in [-0.39, 0.29) is 11.9 Å². The minimum absolute atomic E-state index is 0.00300. The molecule has 3 N–H and O–H groups in total. The van der Waals surface area contributed by atoms with E-state index in [0.29, 0.717) is 13.1 Å². The van der Waals surface area contributed by atoms with Crippen LogP contribution in [-0.2, 0) is 4.79 Å². The highest BCUT2D eigenvalue weighted by molar-refractivity contribution is 5.81. The second-order valence-electron chi connectivity index (χ2n) is 5.84. The van der Waals surface area contributed by atoms with E-state index in [1.54, 1.807) is 6.92 Å². The van der Waals surface area contributed by atoms with E-state index in [0.717, 1.165) is 25.8 Å². The van der Waals surface area contributed by atoms with Crippen LogP contribution >= 0.6 is 0 Å². The van der Waals surface area contributed by atoms with Crippen molar-refractivity contribution >= 4 is 5.91 Å². The Hall–Kier alpha value is -0.650. The summed E-state index contributed by atoms with van der Waals surface area (Å²) >= 11 is 0. The van der Waals surface area contributed by atoms with Crippen LogP contribution in [0.2, 0.25) is 0 Å². The molecule has 0 aromatic carbocycles. The first-order valence-corrected chi connectivity index (χ1v) is 7.16. The van der Waals surface area contributed by atoms with Gasteiger partial charge in [-0.25, -0.2) is 0 Å². The summed E-state index contributed by atoms with van der Waals surface area (Å²) in [7, 11) is 3.83. The number of hydrogen-bond donors (Lipinski definition) is 3. The highest BCUT2D eigenvalue weighted by Crippen LogP contribution is 2.03. The number of likely N-dealkylation sites (N-methyl/N-ethyl adjacent to an activating group) is 1. The van der Waals surface area contributed by atoms with E-state index >= 15 is 0 Å². The summed E-state index contributed by atoms with van der Waals surface area (Å²) in [4.78, 5) is 13.7. The van der Waals surface area contributed by atoms with Gasteiger partial charge in [0.25, 0.3) is 0 Å². The Morgan fingerprint density at radius 3 is 2.53 bits per heavy atom. The van der Waals surface area contributed by atoms with E-state index in [4.69, 9.17) is 0 Å². The van der Waals surface area contributed by atoms with Crippen molar-refractivity contribution in [1.82, 2.24) is 15.5 Å². The monoisotopic (exact) mass is 273 g/mol. The number of hydrogen-bond acceptors (Lipinski definition) is 4. The Morgan fingerprint density at radius 1 is 1.37 bits per heavy atom. The zero-order valence-electron chi connectivity index (χ0n) is 13.1. The number of aliphatic hydroxyl groups is 1. The van der Waals surface area contributed by atoms with Gasteiger partial charge in [-0.1, -0.05) is 19.8 Å². The molecule has 0 rings (SSSR count). The van der Waals surface area contributed by atoms with Crippen LogP contribution in [0.5, 0.6) is 0 Å². The maximum atomic E-state index is 11.8. The fraction of sp³-hybridized carbons (Fsp3) is 0.929. The van der Waals surface area contributed by atoms with Crippen molar-refractivity contribution in [3.05, 3.63) is 0 Å². The molecule has 0 aliphatic carbocycles. The lowest BCUT2D eigenvalue weighted by atomic mass is 10.1. The Labute approximate surface area is 117 Å². The fourth-order valence-electron chi connectivity index (χ4n) is 1.94. The average Bonchev–Trinajstić information content (AvgIpc) is 2.30. The molecule has 0 saturated carbocycles. The quantitative estimate of drug-likeness (QED) is 0.510. The van der Waals surface area contributed by atoms with Crippen LogP contribution in [0.1, 0.15) is 40.0 Å². The molecule has 0 aliphatic heterocycles. The van der Waals surface area contributed by atoms with Gasteiger partial charge in [-0.05, 0) is 34.4 Å². The van der Waals surface area contributed by atoms with Gasteiger partial charge in [0.05, 0.1) is 11.6 Å². The van der Waals surface area contributed by atoms with E-state index < -0.39 is 5.60 Å². The molecule has 2 atom stereocenters. The topological polar surface area (TPSA) is 64.6 Å². The molecular weight excluding hydrogens is 242 g/mol. The van der Waals surface area contributed by atoms with Crippen LogP contribution in [0.25, 0.3) is 0 Å². The minimum atomic E-state index is -0.833. The van der Waals surface area contributed by atoms with Crippen LogP contribution in [0.15, 0.2) is 0 Å². The van der Waals surface area contributed by atoms with Crippen molar-refractivity contribution < 1.29 is 9.90 Å². The maximum absolute atomic E-state index is 11.8. The van der Waals surface area contributed by atoms with Gasteiger partial charge in [0, 0.05) is 19.6 Å². The predicted octanol–water partition coefficient (Wildman–Crippen LogP) is 0.584. The Kier molecular flexibility index (Phi) is 8.97. The summed E-state index contributed by atoms with van der Waals surface area (Å²) in [6.45, 7) is 7.41. The molecule has 0 heterocycles. The number of carbonyl (C=O) groups is 1. The lowest BCUT2D eigenvalue weighted by Gasteiger charge is -2.28. The lowest BCUT2D eigenvalue weighted by molar-refractivity contribution is -0.123. The number of carbonyl (C=O) groups excluding carboxylic acids is 1. The Balaban J connectivity index is 3.89. The van der Waals surface area contributed by atoms with Gasteiger partial charge in [0.1, 0.15) is 0 Å². The molecule has 2 unspecified atom stereocenters. The summed E-state index contributed by atoms with van der Waals surface area (Å²) in [5.41, 5.74) is -0.833. The lowest BCUT2D eigenvalue weighted by Crippen LogP contribution is -2.51. The molecule has 0 aromatic heterocycles. The second kappa shape index (κ2) is 9.28. The molecule has 0 fully saturated rings. The summed E-state index contributed by atoms with van der Waals surface area (Å²) in [5, 5.41) is 16.1. The number of nitrogens with zero attached hydrogens (tertiary/aromatic N) is 1. The van der Waals surface area contributed by atoms with Gasteiger partial charge in [-0.2, -0.15) is 0 Å². The largest absolute Gasteiger partial charge is 0.388 e. The zero-order chi connectivity index (χ0) is 14.9. The highest BCUT2D eigenvalue weighted by atomic mass is 16.3. The maximum Gasteiger partial charge on any atom is 0.236 e. The molecule has 5 heteroatoms. The van der Waals surface area contributed by atoms with Crippen molar-refractivity contribution in [3.63, 3.8) is 0 Å². The molecule has 5 nitrogen and oxygen atoms in total. The van der Waals surface area contributed by atoms with Gasteiger partial charge in [-0.3, -0.25) is 4.79 Å². The first-order chi connectivity index (χ1) is 8.78. The molecule has 19 heavy (non-hydrogen) atoms. The molecule has 0 aliphatic rings. The SMILES string of the molecule is CCCCCNC(=O)C(C)NCC(C)(O)CN(C)C. The van der Waals surface area contributed by atoms with E-state index in [9.17, 15) is 9.90 Å². The smallest absolute Gasteiger partial charge is 0.236 e. The standard InChI is InChI=1S/C14H31N3O2/c1-6-7-8-9-15-13(18)12(2)16-10-14(3,19)11-17(4)5/h12,16,19H,6-11H2,1-5H3,(H,15,18). The van der Waals surface area contributed by atoms with Crippen LogP contribution in [-0.4, -0.2) is 61.3 Å². The molecule has 0 aromatic rings. The first kappa shape index (κ1) is 18.4. The number of rotatable bonds is 10. The number of unbranched alkanes of at least 4 members (excludes halogenated alkanes) is 2. The van der Waals surface area contributed by atoms with Crippen molar-refractivity contribution in [2.45, 2.75) is 51.7 Å². The van der Waals surface area contributed by atoms with Crippen LogP contribution < -0.4 is 10.6 Å². The molecule has 1 amide bonds. The van der Waals surface area contributed by atoms with Crippen molar-refractivity contribution in [2.75, 3.05) is 33.7 Å². The van der Waals surface area contributed by atoms with Gasteiger partial charge < -0.3 is 20.6 Å². The van der Waals surface area contributed by atoms with Crippen LogP contribution in [0, 0.1) is 0 Å². The third kappa shape index (κ3) is 9.87. The predicted molar refractivity (Wildman–Crippen MR) is 79.2 cm³/mol. The summed E-state index contributed by atoms with van der Waals surface area (Å²) in [6, 6.07) is -0.282. The summed E-state index contributed by atoms with van der Waals surface area (Å²) in [5.74, 6) is -0.00300. The van der Waals surface area contributed by atoms with Crippen molar-refractivity contribution in [1.29, 1.82) is 0 Å². The van der Waals surface area contributed by atoms with E-state index in [1.807, 2.05) is 25.9 Å². The van der Waals surface area contributed by atoms with Gasteiger partial charge in [0.15, 0.2) is 0 Å². The Bertz CT molecular complexity index is 255. The molecule has 0 radical (unpaired) electrons. The van der Waals surface area contributed by atoms with Crippen LogP contribution in [0.4, 0.5) is 0 Å². The molecule has 0 saturated heterocycles. The third-order valence-corrected chi connectivity index (χ3v) is 2.92. The molecule has 0 bridgehead atoms. The molecular formula is C14H31N3O2. The average molecular weight is 273 g/mol. The van der Waals surface area contributed by atoms with Gasteiger partial charge >= 0.3 is 0 Å². The normalized spacial score (nSPS) is 16.2. The van der Waals surface area contributed by atoms with Crippen LogP contribution in [0.3, 0.4) is 0 Å². The minimum Gasteiger partial charge on any atom is -0.388 e. The van der Waals surface area contributed by atoms with Gasteiger partial charge in [0.2, 0.25) is 5.91 Å². The van der Waals surface area contributed by atoms with E-state index in [1.165, 1.54) is 0 Å². The molecule has 0 spiro atoms. The van der Waals surface area contributed by atoms with Crippen molar-refractivity contribution in [3.8, 4) is 0 Å². The number of amides is 1. The molecule has 114 valence electrons. The van der Waals surface area contributed by atoms with Gasteiger partial charge in [-0.15, -0.1) is 0 Å². The third-order valence-electron chi connectivity index (χ3n) is 2.92. The Morgan fingerprint density at radius 2 is 2.00 bits per heavy atom. The first-order valence-electron chi connectivity index (χ1n) is 7.16. The highest BCUT2D eigenvalue weighted by Gasteiger charge is 2.23. The van der Waals surface area contributed by atoms with E-state index in [2.05, 4.69) is 17.6 Å². The van der Waals surface area contributed by atoms with Crippen molar-refractivity contribution in [2.24, 2.45) is 0 Å². The fourth-order valence-corrected chi connectivity index (χ4v) is 1.94.